The predicted octanol–water partition coefficient (Wildman–Crippen LogP) is 4.99. The molecule has 0 N–H and O–H groups in total. The summed E-state index contributed by atoms with van der Waals surface area (Å²) in [6, 6.07) is 0. The van der Waals surface area contributed by atoms with Crippen LogP contribution in [0.2, 0.25) is 0 Å². The fraction of sp³-hybridized carbons (Fsp3) is 1.00. The van der Waals surface area contributed by atoms with Crippen molar-refractivity contribution in [2.24, 2.45) is 35.0 Å². The molecule has 0 amide bonds. The van der Waals surface area contributed by atoms with E-state index in [1.165, 1.54) is 12.8 Å². The molecule has 0 aromatic rings. The molecule has 0 spiro atoms. The SMILES string of the molecule is CCC(CC)C(C)C(C)C1C(C)C1(C)C. The second kappa shape index (κ2) is 4.47. The van der Waals surface area contributed by atoms with Gasteiger partial charge < -0.3 is 0 Å². The van der Waals surface area contributed by atoms with Crippen molar-refractivity contribution < 1.29 is 0 Å². The van der Waals surface area contributed by atoms with Crippen LogP contribution in [0.3, 0.4) is 0 Å². The first-order chi connectivity index (χ1) is 6.87. The van der Waals surface area contributed by atoms with E-state index in [1.54, 1.807) is 0 Å². The summed E-state index contributed by atoms with van der Waals surface area (Å²) in [5.41, 5.74) is 0.611. The lowest BCUT2D eigenvalue weighted by atomic mass is 9.77. The molecule has 4 atom stereocenters. The molecule has 4 unspecified atom stereocenters. The Morgan fingerprint density at radius 3 is 1.73 bits per heavy atom. The van der Waals surface area contributed by atoms with Crippen LogP contribution in [0, 0.1) is 35.0 Å². The summed E-state index contributed by atoms with van der Waals surface area (Å²) >= 11 is 0. The molecule has 1 fully saturated rings. The van der Waals surface area contributed by atoms with E-state index >= 15 is 0 Å². The monoisotopic (exact) mass is 210 g/mol. The van der Waals surface area contributed by atoms with Crippen molar-refractivity contribution in [1.82, 2.24) is 0 Å². The van der Waals surface area contributed by atoms with Crippen LogP contribution in [0.5, 0.6) is 0 Å². The van der Waals surface area contributed by atoms with Gasteiger partial charge in [0.25, 0.3) is 0 Å². The third kappa shape index (κ3) is 2.24. The Bertz CT molecular complexity index is 200. The maximum atomic E-state index is 2.49. The summed E-state index contributed by atoms with van der Waals surface area (Å²) in [5, 5.41) is 0. The number of hydrogen-bond acceptors (Lipinski definition) is 0. The maximum absolute atomic E-state index is 2.49. The summed E-state index contributed by atoms with van der Waals surface area (Å²) in [6.45, 7) is 17.0. The summed E-state index contributed by atoms with van der Waals surface area (Å²) in [6.07, 6.45) is 2.70. The van der Waals surface area contributed by atoms with Crippen molar-refractivity contribution in [1.29, 1.82) is 0 Å². The molecular formula is C15H30. The maximum Gasteiger partial charge on any atom is -0.0292 e. The predicted molar refractivity (Wildman–Crippen MR) is 68.8 cm³/mol. The fourth-order valence-corrected chi connectivity index (χ4v) is 3.86. The molecule has 1 aliphatic rings. The molecule has 0 radical (unpaired) electrons. The summed E-state index contributed by atoms with van der Waals surface area (Å²) < 4.78 is 0. The Kier molecular flexibility index (Phi) is 3.90. The summed E-state index contributed by atoms with van der Waals surface area (Å²) in [7, 11) is 0. The van der Waals surface area contributed by atoms with Gasteiger partial charge in [0.1, 0.15) is 0 Å². The molecule has 0 heterocycles. The average Bonchev–Trinajstić information content (AvgIpc) is 2.67. The third-order valence-corrected chi connectivity index (χ3v) is 5.65. The molecule has 0 nitrogen and oxygen atoms in total. The van der Waals surface area contributed by atoms with E-state index < -0.39 is 0 Å². The van der Waals surface area contributed by atoms with E-state index in [0.29, 0.717) is 5.41 Å². The quantitative estimate of drug-likeness (QED) is 0.600. The Balaban J connectivity index is 2.58. The zero-order valence-electron chi connectivity index (χ0n) is 11.8. The second-order valence-electron chi connectivity index (χ2n) is 6.43. The van der Waals surface area contributed by atoms with Gasteiger partial charge in [-0.05, 0) is 35.0 Å². The third-order valence-electron chi connectivity index (χ3n) is 5.65. The van der Waals surface area contributed by atoms with Crippen molar-refractivity contribution in [2.45, 2.75) is 61.3 Å². The minimum absolute atomic E-state index is 0.611. The van der Waals surface area contributed by atoms with Crippen LogP contribution in [0.4, 0.5) is 0 Å². The molecule has 0 aliphatic heterocycles. The van der Waals surface area contributed by atoms with Gasteiger partial charge in [-0.3, -0.25) is 0 Å². The highest BCUT2D eigenvalue weighted by molar-refractivity contribution is 5.05. The molecule has 0 saturated heterocycles. The minimum Gasteiger partial charge on any atom is -0.0651 e. The first kappa shape index (κ1) is 13.1. The first-order valence-electron chi connectivity index (χ1n) is 6.87. The number of rotatable bonds is 5. The molecule has 0 aromatic carbocycles. The highest BCUT2D eigenvalue weighted by Crippen LogP contribution is 2.63. The molecule has 0 heteroatoms. The van der Waals surface area contributed by atoms with Crippen molar-refractivity contribution in [2.75, 3.05) is 0 Å². The largest absolute Gasteiger partial charge is 0.0651 e. The molecule has 15 heavy (non-hydrogen) atoms. The summed E-state index contributed by atoms with van der Waals surface area (Å²) in [4.78, 5) is 0. The van der Waals surface area contributed by atoms with Gasteiger partial charge in [0.15, 0.2) is 0 Å². The molecule has 0 aromatic heterocycles. The molecular weight excluding hydrogens is 180 g/mol. The van der Waals surface area contributed by atoms with Gasteiger partial charge in [0.05, 0.1) is 0 Å². The highest BCUT2D eigenvalue weighted by atomic mass is 14.6. The van der Waals surface area contributed by atoms with Crippen molar-refractivity contribution in [3.63, 3.8) is 0 Å². The Labute approximate surface area is 96.8 Å². The van der Waals surface area contributed by atoms with E-state index in [1.807, 2.05) is 0 Å². The molecule has 1 rings (SSSR count). The Hall–Kier alpha value is 0. The molecule has 1 saturated carbocycles. The van der Waals surface area contributed by atoms with Crippen LogP contribution < -0.4 is 0 Å². The van der Waals surface area contributed by atoms with Gasteiger partial charge in [0, 0.05) is 0 Å². The smallest absolute Gasteiger partial charge is 0.0292 e. The van der Waals surface area contributed by atoms with E-state index in [2.05, 4.69) is 48.5 Å². The fourth-order valence-electron chi connectivity index (χ4n) is 3.86. The first-order valence-corrected chi connectivity index (χ1v) is 6.87. The topological polar surface area (TPSA) is 0 Å². The normalized spacial score (nSPS) is 32.8. The van der Waals surface area contributed by atoms with Crippen LogP contribution in [0.1, 0.15) is 61.3 Å². The lowest BCUT2D eigenvalue weighted by Crippen LogP contribution is -2.21. The summed E-state index contributed by atoms with van der Waals surface area (Å²) in [5.74, 6) is 4.63. The van der Waals surface area contributed by atoms with Gasteiger partial charge in [0.2, 0.25) is 0 Å². The van der Waals surface area contributed by atoms with Crippen LogP contribution in [0.15, 0.2) is 0 Å². The standard InChI is InChI=1S/C15H30/c1-8-13(9-2)10(3)11(4)14-12(5)15(14,6)7/h10-14H,8-9H2,1-7H3. The van der Waals surface area contributed by atoms with Crippen molar-refractivity contribution >= 4 is 0 Å². The van der Waals surface area contributed by atoms with Crippen LogP contribution >= 0.6 is 0 Å². The van der Waals surface area contributed by atoms with Crippen LogP contribution in [-0.2, 0) is 0 Å². The van der Waals surface area contributed by atoms with E-state index in [4.69, 9.17) is 0 Å². The van der Waals surface area contributed by atoms with Crippen molar-refractivity contribution in [3.05, 3.63) is 0 Å². The Morgan fingerprint density at radius 1 is 1.07 bits per heavy atom. The zero-order valence-corrected chi connectivity index (χ0v) is 11.8. The number of hydrogen-bond donors (Lipinski definition) is 0. The Morgan fingerprint density at radius 2 is 1.47 bits per heavy atom. The molecule has 0 bridgehead atoms. The van der Waals surface area contributed by atoms with Gasteiger partial charge >= 0.3 is 0 Å². The van der Waals surface area contributed by atoms with Gasteiger partial charge in [-0.2, -0.15) is 0 Å². The van der Waals surface area contributed by atoms with E-state index in [0.717, 1.165) is 29.6 Å². The lowest BCUT2D eigenvalue weighted by molar-refractivity contribution is 0.209. The van der Waals surface area contributed by atoms with E-state index in [-0.39, 0.29) is 0 Å². The highest BCUT2D eigenvalue weighted by Gasteiger charge is 2.57. The van der Waals surface area contributed by atoms with Crippen LogP contribution in [-0.4, -0.2) is 0 Å². The molecule has 1 aliphatic carbocycles. The lowest BCUT2D eigenvalue weighted by Gasteiger charge is -2.28. The zero-order chi connectivity index (χ0) is 11.8. The van der Waals surface area contributed by atoms with E-state index in [9.17, 15) is 0 Å². The second-order valence-corrected chi connectivity index (χ2v) is 6.43. The average molecular weight is 210 g/mol. The molecule has 90 valence electrons. The van der Waals surface area contributed by atoms with Crippen LogP contribution in [0.25, 0.3) is 0 Å². The van der Waals surface area contributed by atoms with Gasteiger partial charge in [-0.15, -0.1) is 0 Å². The van der Waals surface area contributed by atoms with Crippen molar-refractivity contribution in [3.8, 4) is 0 Å². The van der Waals surface area contributed by atoms with Gasteiger partial charge in [-0.25, -0.2) is 0 Å². The minimum atomic E-state index is 0.611. The van der Waals surface area contributed by atoms with Gasteiger partial charge in [-0.1, -0.05) is 61.3 Å².